The van der Waals surface area contributed by atoms with Gasteiger partial charge in [-0.05, 0) is 24.6 Å². The molecule has 1 heterocycles. The highest BCUT2D eigenvalue weighted by Gasteiger charge is 2.07. The van der Waals surface area contributed by atoms with E-state index in [9.17, 15) is 4.79 Å². The van der Waals surface area contributed by atoms with Crippen molar-refractivity contribution in [1.82, 2.24) is 9.13 Å². The zero-order chi connectivity index (χ0) is 13.8. The Morgan fingerprint density at radius 1 is 1.05 bits per heavy atom. The van der Waals surface area contributed by atoms with Crippen LogP contribution < -0.4 is 15.2 Å². The molecule has 1 aromatic heterocycles. The summed E-state index contributed by atoms with van der Waals surface area (Å²) in [6.07, 6.45) is 3.59. The van der Waals surface area contributed by atoms with E-state index in [2.05, 4.69) is 0 Å². The largest absolute Gasteiger partial charge is 0.493 e. The second-order valence-corrected chi connectivity index (χ2v) is 4.18. The second-order valence-electron chi connectivity index (χ2n) is 4.18. The van der Waals surface area contributed by atoms with Crippen LogP contribution in [-0.2, 0) is 13.1 Å². The minimum absolute atomic E-state index is 0.00251. The van der Waals surface area contributed by atoms with Gasteiger partial charge in [0.25, 0.3) is 0 Å². The number of hydrogen-bond donors (Lipinski definition) is 0. The number of nitrogens with zero attached hydrogens (tertiary/aromatic N) is 2. The molecule has 0 unspecified atom stereocenters. The third kappa shape index (κ3) is 2.65. The lowest BCUT2D eigenvalue weighted by molar-refractivity contribution is 0.354. The average Bonchev–Trinajstić information content (AvgIpc) is 2.79. The lowest BCUT2D eigenvalue weighted by Gasteiger charge is -2.09. The molecule has 0 atom stereocenters. The molecule has 0 aliphatic heterocycles. The first kappa shape index (κ1) is 13.3. The van der Waals surface area contributed by atoms with Crippen molar-refractivity contribution in [3.63, 3.8) is 0 Å². The molecule has 19 heavy (non-hydrogen) atoms. The van der Waals surface area contributed by atoms with E-state index in [1.165, 1.54) is 0 Å². The average molecular weight is 262 g/mol. The topological polar surface area (TPSA) is 45.4 Å². The van der Waals surface area contributed by atoms with Gasteiger partial charge < -0.3 is 9.47 Å². The van der Waals surface area contributed by atoms with Crippen LogP contribution in [0.3, 0.4) is 0 Å². The Labute approximate surface area is 112 Å². The van der Waals surface area contributed by atoms with Crippen LogP contribution in [0.5, 0.6) is 11.5 Å². The smallest absolute Gasteiger partial charge is 0.328 e. The van der Waals surface area contributed by atoms with Gasteiger partial charge in [-0.15, -0.1) is 0 Å². The number of imidazole rings is 1. The lowest BCUT2D eigenvalue weighted by Crippen LogP contribution is -2.23. The van der Waals surface area contributed by atoms with Crippen molar-refractivity contribution >= 4 is 0 Å². The van der Waals surface area contributed by atoms with E-state index in [1.54, 1.807) is 35.7 Å². The standard InChI is InChI=1S/C14H18N2O3/c1-4-15-7-8-16(14(15)17)10-11-5-6-12(18-2)13(9-11)19-3/h5-9H,4,10H2,1-3H3. The van der Waals surface area contributed by atoms with Gasteiger partial charge >= 0.3 is 5.69 Å². The van der Waals surface area contributed by atoms with Crippen molar-refractivity contribution in [2.45, 2.75) is 20.0 Å². The fraction of sp³-hybridized carbons (Fsp3) is 0.357. The molecule has 2 aromatic rings. The van der Waals surface area contributed by atoms with Gasteiger partial charge in [0.1, 0.15) is 0 Å². The van der Waals surface area contributed by atoms with Gasteiger partial charge in [-0.1, -0.05) is 6.07 Å². The number of methoxy groups -OCH3 is 2. The normalized spacial score (nSPS) is 10.5. The highest BCUT2D eigenvalue weighted by molar-refractivity contribution is 5.42. The summed E-state index contributed by atoms with van der Waals surface area (Å²) in [6.45, 7) is 3.14. The molecule has 0 saturated heterocycles. The number of rotatable bonds is 5. The van der Waals surface area contributed by atoms with Crippen molar-refractivity contribution in [2.75, 3.05) is 14.2 Å². The monoisotopic (exact) mass is 262 g/mol. The minimum Gasteiger partial charge on any atom is -0.493 e. The van der Waals surface area contributed by atoms with E-state index in [4.69, 9.17) is 9.47 Å². The molecular weight excluding hydrogens is 244 g/mol. The maximum absolute atomic E-state index is 12.0. The van der Waals surface area contributed by atoms with Gasteiger partial charge in [0.15, 0.2) is 11.5 Å². The summed E-state index contributed by atoms with van der Waals surface area (Å²) in [4.78, 5) is 12.0. The number of aromatic nitrogens is 2. The van der Waals surface area contributed by atoms with Crippen molar-refractivity contribution in [3.8, 4) is 11.5 Å². The quantitative estimate of drug-likeness (QED) is 0.824. The summed E-state index contributed by atoms with van der Waals surface area (Å²) in [5.41, 5.74) is 0.992. The Kier molecular flexibility index (Phi) is 3.94. The third-order valence-corrected chi connectivity index (χ3v) is 3.06. The van der Waals surface area contributed by atoms with E-state index in [0.29, 0.717) is 24.6 Å². The molecule has 0 bridgehead atoms. The van der Waals surface area contributed by atoms with Crippen LogP contribution in [-0.4, -0.2) is 23.4 Å². The summed E-state index contributed by atoms with van der Waals surface area (Å²) in [7, 11) is 3.20. The molecular formula is C14H18N2O3. The van der Waals surface area contributed by atoms with Crippen LogP contribution in [0.25, 0.3) is 0 Å². The number of aryl methyl sites for hydroxylation is 1. The lowest BCUT2D eigenvalue weighted by atomic mass is 10.2. The SMILES string of the molecule is CCn1ccn(Cc2ccc(OC)c(OC)c2)c1=O. The molecule has 2 rings (SSSR count). The fourth-order valence-electron chi connectivity index (χ4n) is 1.99. The Hall–Kier alpha value is -2.17. The maximum atomic E-state index is 12.0. The van der Waals surface area contributed by atoms with Crippen molar-refractivity contribution < 1.29 is 9.47 Å². The van der Waals surface area contributed by atoms with Crippen molar-refractivity contribution in [1.29, 1.82) is 0 Å². The second kappa shape index (κ2) is 5.65. The summed E-state index contributed by atoms with van der Waals surface area (Å²) in [5.74, 6) is 1.35. The summed E-state index contributed by atoms with van der Waals surface area (Å²) in [5, 5.41) is 0. The fourth-order valence-corrected chi connectivity index (χ4v) is 1.99. The zero-order valence-corrected chi connectivity index (χ0v) is 11.4. The molecule has 0 fully saturated rings. The minimum atomic E-state index is -0.00251. The molecule has 0 N–H and O–H groups in total. The molecule has 0 aliphatic rings. The van der Waals surface area contributed by atoms with Gasteiger partial charge in [-0.25, -0.2) is 4.79 Å². The van der Waals surface area contributed by atoms with Gasteiger partial charge in [-0.3, -0.25) is 9.13 Å². The maximum Gasteiger partial charge on any atom is 0.328 e. The first-order chi connectivity index (χ1) is 9.19. The molecule has 5 heteroatoms. The first-order valence-electron chi connectivity index (χ1n) is 6.16. The number of ether oxygens (including phenoxy) is 2. The molecule has 0 spiro atoms. The Balaban J connectivity index is 2.28. The van der Waals surface area contributed by atoms with Crippen LogP contribution in [0.1, 0.15) is 12.5 Å². The Morgan fingerprint density at radius 3 is 2.32 bits per heavy atom. The van der Waals surface area contributed by atoms with E-state index < -0.39 is 0 Å². The van der Waals surface area contributed by atoms with Gasteiger partial charge in [-0.2, -0.15) is 0 Å². The molecule has 0 amide bonds. The summed E-state index contributed by atoms with van der Waals surface area (Å²) in [6, 6.07) is 5.65. The predicted molar refractivity (Wildman–Crippen MR) is 73.0 cm³/mol. The van der Waals surface area contributed by atoms with Crippen LogP contribution in [0, 0.1) is 0 Å². The van der Waals surface area contributed by atoms with Gasteiger partial charge in [0, 0.05) is 18.9 Å². The molecule has 0 aliphatic carbocycles. The van der Waals surface area contributed by atoms with Crippen LogP contribution in [0.15, 0.2) is 35.4 Å². The molecule has 0 radical (unpaired) electrons. The highest BCUT2D eigenvalue weighted by Crippen LogP contribution is 2.27. The zero-order valence-electron chi connectivity index (χ0n) is 11.4. The molecule has 1 aromatic carbocycles. The van der Waals surface area contributed by atoms with Gasteiger partial charge in [0.2, 0.25) is 0 Å². The van der Waals surface area contributed by atoms with Crippen LogP contribution >= 0.6 is 0 Å². The van der Waals surface area contributed by atoms with E-state index in [-0.39, 0.29) is 5.69 Å². The van der Waals surface area contributed by atoms with Gasteiger partial charge in [0.05, 0.1) is 20.8 Å². The third-order valence-electron chi connectivity index (χ3n) is 3.06. The molecule has 5 nitrogen and oxygen atoms in total. The van der Waals surface area contributed by atoms with E-state index in [0.717, 1.165) is 5.56 Å². The van der Waals surface area contributed by atoms with E-state index in [1.807, 2.05) is 25.1 Å². The molecule has 0 saturated carbocycles. The van der Waals surface area contributed by atoms with Crippen LogP contribution in [0.4, 0.5) is 0 Å². The van der Waals surface area contributed by atoms with E-state index >= 15 is 0 Å². The Morgan fingerprint density at radius 2 is 1.74 bits per heavy atom. The molecule has 102 valence electrons. The summed E-state index contributed by atoms with van der Waals surface area (Å²) >= 11 is 0. The summed E-state index contributed by atoms with van der Waals surface area (Å²) < 4.78 is 13.8. The van der Waals surface area contributed by atoms with Crippen molar-refractivity contribution in [2.24, 2.45) is 0 Å². The van der Waals surface area contributed by atoms with Crippen molar-refractivity contribution in [3.05, 3.63) is 46.6 Å². The predicted octanol–water partition coefficient (Wildman–Crippen LogP) is 1.74. The Bertz CT molecular complexity index is 613. The number of hydrogen-bond acceptors (Lipinski definition) is 3. The highest BCUT2D eigenvalue weighted by atomic mass is 16.5. The van der Waals surface area contributed by atoms with Crippen LogP contribution in [0.2, 0.25) is 0 Å². The first-order valence-corrected chi connectivity index (χ1v) is 6.16. The number of benzene rings is 1.